The molecule has 2 aromatic rings. The molecule has 7 heteroatoms. The Balaban J connectivity index is 2.64. The number of nitrogens with zero attached hydrogens (tertiary/aromatic N) is 2. The van der Waals surface area contributed by atoms with Gasteiger partial charge in [-0.05, 0) is 6.42 Å². The van der Waals surface area contributed by atoms with Crippen LogP contribution in [0.1, 0.15) is 25.2 Å². The maximum absolute atomic E-state index is 9.80. The Morgan fingerprint density at radius 2 is 1.91 bits per heavy atom. The standard InChI is InChI=1S/C15H23N3O4/c1-4-10(16)15-17-11-5-13(21-2)14(22-3)6-12(11)18(15)7-9(20)8-19/h5-6,9-10,19-20H,4,7-8,16H2,1-3H3. The van der Waals surface area contributed by atoms with Crippen LogP contribution in [0.5, 0.6) is 11.5 Å². The lowest BCUT2D eigenvalue weighted by molar-refractivity contribution is 0.0811. The first-order valence-electron chi connectivity index (χ1n) is 7.22. The fourth-order valence-corrected chi connectivity index (χ4v) is 2.40. The second-order valence-electron chi connectivity index (χ2n) is 5.13. The minimum atomic E-state index is -0.881. The van der Waals surface area contributed by atoms with Crippen LogP contribution in [0.2, 0.25) is 0 Å². The molecule has 0 amide bonds. The van der Waals surface area contributed by atoms with Crippen LogP contribution in [0.3, 0.4) is 0 Å². The van der Waals surface area contributed by atoms with Gasteiger partial charge < -0.3 is 30.0 Å². The molecule has 0 aliphatic carbocycles. The zero-order valence-electron chi connectivity index (χ0n) is 13.1. The average molecular weight is 309 g/mol. The van der Waals surface area contributed by atoms with Crippen molar-refractivity contribution in [1.29, 1.82) is 0 Å². The topological polar surface area (TPSA) is 103 Å². The molecule has 0 fully saturated rings. The molecular weight excluding hydrogens is 286 g/mol. The molecule has 0 spiro atoms. The van der Waals surface area contributed by atoms with Crippen molar-refractivity contribution in [2.45, 2.75) is 32.0 Å². The van der Waals surface area contributed by atoms with Gasteiger partial charge in [0.05, 0.1) is 50.6 Å². The molecule has 0 saturated carbocycles. The Hall–Kier alpha value is -1.83. The number of aliphatic hydroxyl groups excluding tert-OH is 2. The number of methoxy groups -OCH3 is 2. The molecule has 0 aliphatic heterocycles. The van der Waals surface area contributed by atoms with Crippen molar-refractivity contribution in [3.8, 4) is 11.5 Å². The molecule has 1 aromatic heterocycles. The molecule has 0 saturated heterocycles. The van der Waals surface area contributed by atoms with E-state index in [0.717, 1.165) is 5.52 Å². The predicted molar refractivity (Wildman–Crippen MR) is 83.1 cm³/mol. The number of aromatic nitrogens is 2. The normalized spacial score (nSPS) is 14.1. The lowest BCUT2D eigenvalue weighted by atomic mass is 10.2. The fourth-order valence-electron chi connectivity index (χ4n) is 2.40. The van der Waals surface area contributed by atoms with Gasteiger partial charge in [-0.1, -0.05) is 6.92 Å². The van der Waals surface area contributed by atoms with Gasteiger partial charge in [0.1, 0.15) is 5.82 Å². The Morgan fingerprint density at radius 3 is 2.45 bits per heavy atom. The number of benzene rings is 1. The molecule has 0 bridgehead atoms. The fraction of sp³-hybridized carbons (Fsp3) is 0.533. The van der Waals surface area contributed by atoms with Crippen LogP contribution in [-0.4, -0.2) is 46.7 Å². The molecule has 0 aliphatic rings. The number of hydrogen-bond donors (Lipinski definition) is 3. The largest absolute Gasteiger partial charge is 0.493 e. The average Bonchev–Trinajstić information content (AvgIpc) is 2.89. The summed E-state index contributed by atoms with van der Waals surface area (Å²) < 4.78 is 12.4. The highest BCUT2D eigenvalue weighted by atomic mass is 16.5. The van der Waals surface area contributed by atoms with Gasteiger partial charge in [-0.15, -0.1) is 0 Å². The highest BCUT2D eigenvalue weighted by Gasteiger charge is 2.20. The SMILES string of the molecule is CCC(N)c1nc2cc(OC)c(OC)cc2n1CC(O)CO. The molecule has 2 unspecified atom stereocenters. The van der Waals surface area contributed by atoms with E-state index < -0.39 is 6.10 Å². The molecule has 2 rings (SSSR count). The van der Waals surface area contributed by atoms with Gasteiger partial charge in [0, 0.05) is 12.1 Å². The first-order valence-corrected chi connectivity index (χ1v) is 7.22. The van der Waals surface area contributed by atoms with Crippen molar-refractivity contribution in [2.24, 2.45) is 5.73 Å². The minimum Gasteiger partial charge on any atom is -0.493 e. The summed E-state index contributed by atoms with van der Waals surface area (Å²) in [5, 5.41) is 18.9. The van der Waals surface area contributed by atoms with Gasteiger partial charge in [-0.2, -0.15) is 0 Å². The number of ether oxygens (including phenoxy) is 2. The van der Waals surface area contributed by atoms with Crippen molar-refractivity contribution in [1.82, 2.24) is 9.55 Å². The molecular formula is C15H23N3O4. The smallest absolute Gasteiger partial charge is 0.163 e. The third-order valence-electron chi connectivity index (χ3n) is 3.66. The summed E-state index contributed by atoms with van der Waals surface area (Å²) in [4.78, 5) is 4.56. The third-order valence-corrected chi connectivity index (χ3v) is 3.66. The molecule has 122 valence electrons. The summed E-state index contributed by atoms with van der Waals surface area (Å²) in [6, 6.07) is 3.33. The number of nitrogens with two attached hydrogens (primary N) is 1. The number of rotatable bonds is 7. The number of aliphatic hydroxyl groups is 2. The van der Waals surface area contributed by atoms with Crippen LogP contribution >= 0.6 is 0 Å². The zero-order chi connectivity index (χ0) is 16.3. The second-order valence-corrected chi connectivity index (χ2v) is 5.13. The van der Waals surface area contributed by atoms with E-state index in [4.69, 9.17) is 20.3 Å². The number of fused-ring (bicyclic) bond motifs is 1. The molecule has 0 radical (unpaired) electrons. The quantitative estimate of drug-likeness (QED) is 0.699. The first kappa shape index (κ1) is 16.5. The van der Waals surface area contributed by atoms with Crippen LogP contribution < -0.4 is 15.2 Å². The maximum atomic E-state index is 9.80. The van der Waals surface area contributed by atoms with Crippen LogP contribution in [0.4, 0.5) is 0 Å². The molecule has 1 aromatic carbocycles. The van der Waals surface area contributed by atoms with E-state index in [0.29, 0.717) is 29.3 Å². The summed E-state index contributed by atoms with van der Waals surface area (Å²) in [5.74, 6) is 1.82. The van der Waals surface area contributed by atoms with Crippen LogP contribution in [-0.2, 0) is 6.54 Å². The monoisotopic (exact) mass is 309 g/mol. The van der Waals surface area contributed by atoms with Crippen molar-refractivity contribution >= 4 is 11.0 Å². The van der Waals surface area contributed by atoms with E-state index in [-0.39, 0.29) is 19.2 Å². The molecule has 4 N–H and O–H groups in total. The van der Waals surface area contributed by atoms with Crippen LogP contribution in [0.25, 0.3) is 11.0 Å². The molecule has 2 atom stereocenters. The summed E-state index contributed by atoms with van der Waals surface area (Å²) in [6.07, 6.45) is -0.166. The summed E-state index contributed by atoms with van der Waals surface area (Å²) >= 11 is 0. The Bertz CT molecular complexity index is 641. The lowest BCUT2D eigenvalue weighted by Crippen LogP contribution is -2.24. The van der Waals surface area contributed by atoms with E-state index in [1.54, 1.807) is 26.4 Å². The maximum Gasteiger partial charge on any atom is 0.163 e. The van der Waals surface area contributed by atoms with Crippen molar-refractivity contribution in [3.63, 3.8) is 0 Å². The lowest BCUT2D eigenvalue weighted by Gasteiger charge is -2.16. The van der Waals surface area contributed by atoms with Gasteiger partial charge >= 0.3 is 0 Å². The third kappa shape index (κ3) is 3.01. The summed E-state index contributed by atoms with van der Waals surface area (Å²) in [6.45, 7) is 1.86. The number of hydrogen-bond acceptors (Lipinski definition) is 6. The minimum absolute atomic E-state index is 0.214. The molecule has 22 heavy (non-hydrogen) atoms. The van der Waals surface area contributed by atoms with E-state index in [1.807, 2.05) is 11.5 Å². The second kappa shape index (κ2) is 6.95. The molecule has 1 heterocycles. The van der Waals surface area contributed by atoms with Crippen molar-refractivity contribution < 1.29 is 19.7 Å². The Morgan fingerprint density at radius 1 is 1.27 bits per heavy atom. The van der Waals surface area contributed by atoms with Crippen LogP contribution in [0.15, 0.2) is 12.1 Å². The van der Waals surface area contributed by atoms with E-state index in [9.17, 15) is 5.11 Å². The van der Waals surface area contributed by atoms with E-state index in [2.05, 4.69) is 4.98 Å². The van der Waals surface area contributed by atoms with Gasteiger partial charge in [0.25, 0.3) is 0 Å². The number of imidazole rings is 1. The summed E-state index contributed by atoms with van der Waals surface area (Å²) in [7, 11) is 3.13. The van der Waals surface area contributed by atoms with Gasteiger partial charge in [-0.25, -0.2) is 4.98 Å². The first-order chi connectivity index (χ1) is 10.5. The Kier molecular flexibility index (Phi) is 5.23. The van der Waals surface area contributed by atoms with Crippen LogP contribution in [0, 0.1) is 0 Å². The predicted octanol–water partition coefficient (Wildman–Crippen LogP) is 0.817. The highest BCUT2D eigenvalue weighted by molar-refractivity contribution is 5.80. The Labute approximate surface area is 129 Å². The van der Waals surface area contributed by atoms with Gasteiger partial charge in [0.15, 0.2) is 11.5 Å². The van der Waals surface area contributed by atoms with Gasteiger partial charge in [0.2, 0.25) is 0 Å². The highest BCUT2D eigenvalue weighted by Crippen LogP contribution is 2.33. The summed E-state index contributed by atoms with van der Waals surface area (Å²) in [5.41, 5.74) is 7.62. The van der Waals surface area contributed by atoms with Gasteiger partial charge in [-0.3, -0.25) is 0 Å². The molecule has 7 nitrogen and oxygen atoms in total. The van der Waals surface area contributed by atoms with E-state index >= 15 is 0 Å². The van der Waals surface area contributed by atoms with Crippen molar-refractivity contribution in [3.05, 3.63) is 18.0 Å². The zero-order valence-corrected chi connectivity index (χ0v) is 13.1. The van der Waals surface area contributed by atoms with Crippen molar-refractivity contribution in [2.75, 3.05) is 20.8 Å². The van der Waals surface area contributed by atoms with E-state index in [1.165, 1.54) is 0 Å².